The van der Waals surface area contributed by atoms with Gasteiger partial charge in [-0.2, -0.15) is 15.4 Å². The zero-order valence-electron chi connectivity index (χ0n) is 13.4. The summed E-state index contributed by atoms with van der Waals surface area (Å²) >= 11 is 6.22. The van der Waals surface area contributed by atoms with Crippen LogP contribution >= 0.6 is 11.6 Å². The summed E-state index contributed by atoms with van der Waals surface area (Å²) < 4.78 is 5.73. The highest BCUT2D eigenvalue weighted by molar-refractivity contribution is 6.32. The number of carbonyl (C=O) groups excluding carboxylic acids is 1. The molecule has 3 rings (SSSR count). The summed E-state index contributed by atoms with van der Waals surface area (Å²) in [5.74, 6) is 0.765. The number of aromatic amines is 1. The van der Waals surface area contributed by atoms with Crippen molar-refractivity contribution >= 4 is 17.5 Å². The van der Waals surface area contributed by atoms with Crippen molar-refractivity contribution in [1.29, 1.82) is 0 Å². The zero-order valence-corrected chi connectivity index (χ0v) is 14.2. The van der Waals surface area contributed by atoms with Gasteiger partial charge in [-0.05, 0) is 38.2 Å². The molecule has 6 nitrogen and oxygen atoms in total. The fourth-order valence-electron chi connectivity index (χ4n) is 2.92. The molecule has 2 heterocycles. The number of ether oxygens (including phenoxy) is 1. The average Bonchev–Trinajstić information content (AvgIpc) is 3.01. The fraction of sp³-hybridized carbons (Fsp3) is 0.471. The Bertz CT molecular complexity index is 675. The first kappa shape index (κ1) is 16.8. The van der Waals surface area contributed by atoms with Crippen molar-refractivity contribution in [2.45, 2.75) is 44.6 Å². The maximum atomic E-state index is 12.3. The number of aromatic nitrogens is 3. The summed E-state index contributed by atoms with van der Waals surface area (Å²) in [5.41, 5.74) is 1.90. The number of hydrogen-bond donors (Lipinski definition) is 2. The molecule has 1 aromatic carbocycles. The van der Waals surface area contributed by atoms with Crippen molar-refractivity contribution in [2.24, 2.45) is 0 Å². The lowest BCUT2D eigenvalue weighted by molar-refractivity contribution is -0.122. The topological polar surface area (TPSA) is 79.9 Å². The van der Waals surface area contributed by atoms with Crippen LogP contribution in [-0.2, 0) is 11.2 Å². The molecule has 0 aliphatic carbocycles. The van der Waals surface area contributed by atoms with Gasteiger partial charge < -0.3 is 10.1 Å². The number of hydrogen-bond acceptors (Lipinski definition) is 4. The van der Waals surface area contributed by atoms with E-state index in [0.29, 0.717) is 23.8 Å². The maximum absolute atomic E-state index is 12.3. The number of carbonyl (C=O) groups is 1. The first-order valence-corrected chi connectivity index (χ1v) is 8.67. The highest BCUT2D eigenvalue weighted by Crippen LogP contribution is 2.36. The summed E-state index contributed by atoms with van der Waals surface area (Å²) in [6, 6.07) is 5.65. The molecule has 0 saturated heterocycles. The van der Waals surface area contributed by atoms with Crippen LogP contribution in [0.2, 0.25) is 5.02 Å². The van der Waals surface area contributed by atoms with Crippen LogP contribution in [0.4, 0.5) is 0 Å². The van der Waals surface area contributed by atoms with Gasteiger partial charge in [0, 0.05) is 12.0 Å². The van der Waals surface area contributed by atoms with E-state index in [-0.39, 0.29) is 11.9 Å². The molecule has 7 heteroatoms. The van der Waals surface area contributed by atoms with Gasteiger partial charge in [-0.25, -0.2) is 0 Å². The van der Waals surface area contributed by atoms with E-state index >= 15 is 0 Å². The standard InChI is InChI=1S/C17H21ClN4O2/c18-14-7-3-6-13-15(8-4-10-24-17(13)14)20-16(23)9-2-1-5-12-11-19-22-21-12/h3,6-7,11,15H,1-2,4-5,8-10H2,(H,20,23)(H,19,21,22)/t15-/m1/s1. The van der Waals surface area contributed by atoms with Crippen molar-refractivity contribution < 1.29 is 9.53 Å². The number of rotatable bonds is 6. The van der Waals surface area contributed by atoms with Crippen LogP contribution in [0.25, 0.3) is 0 Å². The second-order valence-corrected chi connectivity index (χ2v) is 6.34. The van der Waals surface area contributed by atoms with Crippen molar-refractivity contribution in [2.75, 3.05) is 6.61 Å². The lowest BCUT2D eigenvalue weighted by Crippen LogP contribution is -2.28. The van der Waals surface area contributed by atoms with E-state index in [4.69, 9.17) is 16.3 Å². The minimum atomic E-state index is -0.0377. The number of fused-ring (bicyclic) bond motifs is 1. The van der Waals surface area contributed by atoms with Gasteiger partial charge in [0.15, 0.2) is 0 Å². The quantitative estimate of drug-likeness (QED) is 0.785. The molecular weight excluding hydrogens is 328 g/mol. The Morgan fingerprint density at radius 1 is 1.42 bits per heavy atom. The molecule has 0 bridgehead atoms. The van der Waals surface area contributed by atoms with Crippen molar-refractivity contribution in [1.82, 2.24) is 20.7 Å². The summed E-state index contributed by atoms with van der Waals surface area (Å²) in [6.07, 6.45) is 6.54. The Balaban J connectivity index is 1.51. The van der Waals surface area contributed by atoms with E-state index in [1.807, 2.05) is 18.2 Å². The van der Waals surface area contributed by atoms with E-state index in [1.54, 1.807) is 6.20 Å². The molecule has 1 atom stereocenters. The number of nitrogens with zero attached hydrogens (tertiary/aromatic N) is 2. The number of nitrogens with one attached hydrogen (secondary N) is 2. The highest BCUT2D eigenvalue weighted by atomic mass is 35.5. The normalized spacial score (nSPS) is 16.8. The van der Waals surface area contributed by atoms with Gasteiger partial charge in [-0.15, -0.1) is 0 Å². The number of unbranched alkanes of at least 4 members (excludes halogenated alkanes) is 1. The molecule has 128 valence electrons. The van der Waals surface area contributed by atoms with E-state index < -0.39 is 0 Å². The van der Waals surface area contributed by atoms with Crippen LogP contribution in [0.3, 0.4) is 0 Å². The second-order valence-electron chi connectivity index (χ2n) is 5.94. The molecule has 1 aliphatic rings. The number of para-hydroxylation sites is 1. The van der Waals surface area contributed by atoms with Gasteiger partial charge in [-0.1, -0.05) is 23.7 Å². The van der Waals surface area contributed by atoms with Gasteiger partial charge in [0.05, 0.1) is 29.6 Å². The second kappa shape index (κ2) is 8.15. The third-order valence-electron chi connectivity index (χ3n) is 4.14. The third-order valence-corrected chi connectivity index (χ3v) is 4.44. The Labute approximate surface area is 145 Å². The van der Waals surface area contributed by atoms with Gasteiger partial charge in [0.1, 0.15) is 5.75 Å². The number of amides is 1. The van der Waals surface area contributed by atoms with Crippen LogP contribution in [0, 0.1) is 0 Å². The Hall–Kier alpha value is -2.08. The van der Waals surface area contributed by atoms with Crippen LogP contribution < -0.4 is 10.1 Å². The zero-order chi connectivity index (χ0) is 16.8. The Morgan fingerprint density at radius 2 is 2.33 bits per heavy atom. The number of benzene rings is 1. The lowest BCUT2D eigenvalue weighted by atomic mass is 10.0. The Kier molecular flexibility index (Phi) is 5.69. The number of aryl methyl sites for hydroxylation is 1. The number of halogens is 1. The molecule has 0 saturated carbocycles. The highest BCUT2D eigenvalue weighted by Gasteiger charge is 2.22. The minimum Gasteiger partial charge on any atom is -0.492 e. The fourth-order valence-corrected chi connectivity index (χ4v) is 3.16. The minimum absolute atomic E-state index is 0.0377. The van der Waals surface area contributed by atoms with Gasteiger partial charge in [-0.3, -0.25) is 4.79 Å². The van der Waals surface area contributed by atoms with Crippen LogP contribution in [0.5, 0.6) is 5.75 Å². The SMILES string of the molecule is O=C(CCCCc1cn[nH]n1)N[C@@H]1CCCOc2c(Cl)cccc21. The molecule has 0 spiro atoms. The van der Waals surface area contributed by atoms with E-state index in [9.17, 15) is 4.79 Å². The van der Waals surface area contributed by atoms with E-state index in [0.717, 1.165) is 43.4 Å². The summed E-state index contributed by atoms with van der Waals surface area (Å²) in [6.45, 7) is 0.626. The van der Waals surface area contributed by atoms with Gasteiger partial charge in [0.25, 0.3) is 0 Å². The summed E-state index contributed by atoms with van der Waals surface area (Å²) in [4.78, 5) is 12.3. The van der Waals surface area contributed by atoms with Crippen LogP contribution in [0.15, 0.2) is 24.4 Å². The van der Waals surface area contributed by atoms with Crippen molar-refractivity contribution in [3.05, 3.63) is 40.7 Å². The average molecular weight is 349 g/mol. The molecule has 2 N–H and O–H groups in total. The summed E-state index contributed by atoms with van der Waals surface area (Å²) in [5, 5.41) is 14.1. The molecule has 1 amide bonds. The van der Waals surface area contributed by atoms with Crippen molar-refractivity contribution in [3.8, 4) is 5.75 Å². The molecule has 0 unspecified atom stereocenters. The predicted octanol–water partition coefficient (Wildman–Crippen LogP) is 3.20. The largest absolute Gasteiger partial charge is 0.492 e. The first-order valence-electron chi connectivity index (χ1n) is 8.29. The molecule has 1 aliphatic heterocycles. The number of H-pyrrole nitrogens is 1. The first-order chi connectivity index (χ1) is 11.7. The molecule has 24 heavy (non-hydrogen) atoms. The van der Waals surface area contributed by atoms with E-state index in [2.05, 4.69) is 20.7 Å². The van der Waals surface area contributed by atoms with E-state index in [1.165, 1.54) is 0 Å². The summed E-state index contributed by atoms with van der Waals surface area (Å²) in [7, 11) is 0. The third kappa shape index (κ3) is 4.26. The van der Waals surface area contributed by atoms with Gasteiger partial charge >= 0.3 is 0 Å². The smallest absolute Gasteiger partial charge is 0.220 e. The van der Waals surface area contributed by atoms with Crippen LogP contribution in [-0.4, -0.2) is 27.9 Å². The lowest BCUT2D eigenvalue weighted by Gasteiger charge is -2.19. The molecule has 0 fully saturated rings. The van der Waals surface area contributed by atoms with Gasteiger partial charge in [0.2, 0.25) is 5.91 Å². The molecule has 2 aromatic rings. The predicted molar refractivity (Wildman–Crippen MR) is 91.0 cm³/mol. The maximum Gasteiger partial charge on any atom is 0.220 e. The Morgan fingerprint density at radius 3 is 3.17 bits per heavy atom. The molecular formula is C17H21ClN4O2. The monoisotopic (exact) mass is 348 g/mol. The van der Waals surface area contributed by atoms with Crippen molar-refractivity contribution in [3.63, 3.8) is 0 Å². The molecule has 0 radical (unpaired) electrons. The molecule has 1 aromatic heterocycles. The van der Waals surface area contributed by atoms with Crippen LogP contribution in [0.1, 0.15) is 49.4 Å².